The van der Waals surface area contributed by atoms with Crippen LogP contribution in [0.3, 0.4) is 0 Å². The highest BCUT2D eigenvalue weighted by Crippen LogP contribution is 2.24. The molecule has 2 unspecified atom stereocenters. The molecule has 4 heteroatoms. The van der Waals surface area contributed by atoms with Gasteiger partial charge in [-0.25, -0.2) is 0 Å². The van der Waals surface area contributed by atoms with Gasteiger partial charge in [0.25, 0.3) is 0 Å². The lowest BCUT2D eigenvalue weighted by molar-refractivity contribution is 0.390. The quantitative estimate of drug-likeness (QED) is 0.825. The van der Waals surface area contributed by atoms with E-state index in [1.165, 1.54) is 18.6 Å². The average Bonchev–Trinajstić information content (AvgIpc) is 2.26. The molecular weight excluding hydrogens is 224 g/mol. The molecule has 0 amide bonds. The highest BCUT2D eigenvalue weighted by atomic mass is 32.2. The number of rotatable bonds is 4. The van der Waals surface area contributed by atoms with Gasteiger partial charge in [-0.1, -0.05) is 25.6 Å². The fourth-order valence-corrected chi connectivity index (χ4v) is 2.82. The van der Waals surface area contributed by atoms with E-state index in [1.54, 1.807) is 0 Å². The van der Waals surface area contributed by atoms with E-state index < -0.39 is 0 Å². The molecule has 1 fully saturated rings. The zero-order valence-electron chi connectivity index (χ0n) is 10.2. The Balaban J connectivity index is 2.48. The first kappa shape index (κ1) is 13.2. The van der Waals surface area contributed by atoms with Crippen LogP contribution in [-0.2, 0) is 0 Å². The molecule has 0 saturated carbocycles. The number of nitrogens with one attached hydrogen (secondary N) is 1. The summed E-state index contributed by atoms with van der Waals surface area (Å²) in [5.41, 5.74) is 0.271. The van der Waals surface area contributed by atoms with E-state index in [-0.39, 0.29) is 5.54 Å². The van der Waals surface area contributed by atoms with Crippen molar-refractivity contribution >= 4 is 28.7 Å². The minimum atomic E-state index is 0.271. The minimum absolute atomic E-state index is 0.271. The lowest BCUT2D eigenvalue weighted by Crippen LogP contribution is -2.48. The van der Waals surface area contributed by atoms with Gasteiger partial charge < -0.3 is 5.32 Å². The third-order valence-electron chi connectivity index (χ3n) is 2.98. The fraction of sp³-hybridized carbons (Fsp3) is 0.909. The average molecular weight is 246 g/mol. The number of aliphatic imine (C=N–C) groups is 1. The zero-order valence-corrected chi connectivity index (χ0v) is 11.8. The topological polar surface area (TPSA) is 24.4 Å². The van der Waals surface area contributed by atoms with Crippen molar-refractivity contribution in [3.63, 3.8) is 0 Å². The van der Waals surface area contributed by atoms with Crippen molar-refractivity contribution in [1.82, 2.24) is 5.32 Å². The molecule has 0 aliphatic carbocycles. The van der Waals surface area contributed by atoms with E-state index in [0.717, 1.165) is 11.7 Å². The molecule has 1 N–H and O–H groups in total. The number of hydrogen-bond acceptors (Lipinski definition) is 3. The highest BCUT2D eigenvalue weighted by molar-refractivity contribution is 8.13. The fourth-order valence-electron chi connectivity index (χ4n) is 1.37. The van der Waals surface area contributed by atoms with Gasteiger partial charge >= 0.3 is 0 Å². The van der Waals surface area contributed by atoms with Crippen LogP contribution in [-0.4, -0.2) is 34.5 Å². The molecule has 0 aromatic heterocycles. The maximum Gasteiger partial charge on any atom is 0.157 e. The highest BCUT2D eigenvalue weighted by Gasteiger charge is 2.27. The summed E-state index contributed by atoms with van der Waals surface area (Å²) in [5.74, 6) is 1.20. The number of nitrogens with zero attached hydrogens (tertiary/aromatic N) is 1. The van der Waals surface area contributed by atoms with Gasteiger partial charge in [0.05, 0.1) is 6.54 Å². The van der Waals surface area contributed by atoms with Crippen LogP contribution in [0, 0.1) is 0 Å². The lowest BCUT2D eigenvalue weighted by atomic mass is 9.96. The largest absolute Gasteiger partial charge is 0.360 e. The summed E-state index contributed by atoms with van der Waals surface area (Å²) < 4.78 is 0. The van der Waals surface area contributed by atoms with Crippen LogP contribution in [0.25, 0.3) is 0 Å². The van der Waals surface area contributed by atoms with Gasteiger partial charge in [-0.15, -0.1) is 0 Å². The Hall–Kier alpha value is 0.170. The number of thioether (sulfide) groups is 2. The summed E-state index contributed by atoms with van der Waals surface area (Å²) >= 11 is 3.74. The molecule has 2 nitrogen and oxygen atoms in total. The molecule has 0 radical (unpaired) electrons. The van der Waals surface area contributed by atoms with Crippen LogP contribution in [0.4, 0.5) is 0 Å². The Labute approximate surface area is 102 Å². The van der Waals surface area contributed by atoms with E-state index in [1.807, 2.05) is 23.5 Å². The summed E-state index contributed by atoms with van der Waals surface area (Å²) in [4.78, 5) is 4.65. The maximum atomic E-state index is 4.65. The van der Waals surface area contributed by atoms with Crippen molar-refractivity contribution in [3.8, 4) is 0 Å². The molecule has 1 aliphatic heterocycles. The first-order valence-electron chi connectivity index (χ1n) is 5.58. The van der Waals surface area contributed by atoms with Crippen molar-refractivity contribution in [2.75, 3.05) is 18.6 Å². The molecule has 0 spiro atoms. The Bertz CT molecular complexity index is 231. The number of hydrogen-bond donors (Lipinski definition) is 1. The van der Waals surface area contributed by atoms with E-state index in [2.05, 4.69) is 37.3 Å². The van der Waals surface area contributed by atoms with Gasteiger partial charge in [0.15, 0.2) is 5.17 Å². The third-order valence-corrected chi connectivity index (χ3v) is 4.84. The van der Waals surface area contributed by atoms with Crippen molar-refractivity contribution in [1.29, 1.82) is 0 Å². The zero-order chi connectivity index (χ0) is 11.3. The van der Waals surface area contributed by atoms with Crippen molar-refractivity contribution in [2.24, 2.45) is 4.99 Å². The first-order valence-corrected chi connectivity index (χ1v) is 7.85. The third kappa shape index (κ3) is 4.27. The second-order valence-electron chi connectivity index (χ2n) is 4.33. The second kappa shape index (κ2) is 6.04. The smallest absolute Gasteiger partial charge is 0.157 e. The molecule has 1 heterocycles. The summed E-state index contributed by atoms with van der Waals surface area (Å²) in [6.07, 6.45) is 4.55. The van der Waals surface area contributed by atoms with Crippen LogP contribution in [0.5, 0.6) is 0 Å². The van der Waals surface area contributed by atoms with Crippen LogP contribution >= 0.6 is 23.5 Å². The summed E-state index contributed by atoms with van der Waals surface area (Å²) in [6.45, 7) is 7.68. The normalized spacial score (nSPS) is 31.3. The maximum absolute atomic E-state index is 4.65. The summed E-state index contributed by atoms with van der Waals surface area (Å²) in [5, 5.41) is 5.33. The van der Waals surface area contributed by atoms with Gasteiger partial charge in [0, 0.05) is 16.5 Å². The summed E-state index contributed by atoms with van der Waals surface area (Å²) in [6, 6.07) is 0. The molecule has 0 aromatic rings. The van der Waals surface area contributed by atoms with Crippen LogP contribution in [0.1, 0.15) is 33.6 Å². The Morgan fingerprint density at radius 3 is 3.00 bits per heavy atom. The van der Waals surface area contributed by atoms with Gasteiger partial charge in [-0.05, 0) is 26.0 Å². The van der Waals surface area contributed by atoms with E-state index in [9.17, 15) is 0 Å². The standard InChI is InChI=1S/C11H22N2S2/c1-5-11(3)6-7-15-10(13-11)12-8-9(2)14-4/h9H,5-8H2,1-4H3,(H,12,13). The van der Waals surface area contributed by atoms with Crippen molar-refractivity contribution < 1.29 is 0 Å². The Morgan fingerprint density at radius 1 is 1.67 bits per heavy atom. The van der Waals surface area contributed by atoms with Crippen LogP contribution < -0.4 is 5.32 Å². The molecule has 88 valence electrons. The minimum Gasteiger partial charge on any atom is -0.360 e. The molecule has 15 heavy (non-hydrogen) atoms. The predicted octanol–water partition coefficient (Wildman–Crippen LogP) is 2.99. The van der Waals surface area contributed by atoms with Gasteiger partial charge in [0.1, 0.15) is 0 Å². The monoisotopic (exact) mass is 246 g/mol. The Morgan fingerprint density at radius 2 is 2.40 bits per heavy atom. The summed E-state index contributed by atoms with van der Waals surface area (Å²) in [7, 11) is 0. The first-order chi connectivity index (χ1) is 7.09. The Kier molecular flexibility index (Phi) is 5.33. The molecular formula is C11H22N2S2. The van der Waals surface area contributed by atoms with E-state index in [0.29, 0.717) is 5.25 Å². The molecule has 1 rings (SSSR count). The van der Waals surface area contributed by atoms with Crippen molar-refractivity contribution in [2.45, 2.75) is 44.4 Å². The second-order valence-corrected chi connectivity index (χ2v) is 6.69. The van der Waals surface area contributed by atoms with Gasteiger partial charge in [0.2, 0.25) is 0 Å². The lowest BCUT2D eigenvalue weighted by Gasteiger charge is -2.35. The SMILES string of the molecule is CCC1(C)CCSC(=NCC(C)SC)N1. The van der Waals surface area contributed by atoms with Gasteiger partial charge in [-0.2, -0.15) is 11.8 Å². The molecule has 1 saturated heterocycles. The predicted molar refractivity (Wildman–Crippen MR) is 74.2 cm³/mol. The molecule has 0 bridgehead atoms. The van der Waals surface area contributed by atoms with E-state index in [4.69, 9.17) is 0 Å². The van der Waals surface area contributed by atoms with Crippen molar-refractivity contribution in [3.05, 3.63) is 0 Å². The van der Waals surface area contributed by atoms with Crippen LogP contribution in [0.15, 0.2) is 4.99 Å². The molecule has 1 aliphatic rings. The van der Waals surface area contributed by atoms with Crippen LogP contribution in [0.2, 0.25) is 0 Å². The van der Waals surface area contributed by atoms with E-state index >= 15 is 0 Å². The molecule has 0 aromatic carbocycles. The van der Waals surface area contributed by atoms with Gasteiger partial charge in [-0.3, -0.25) is 4.99 Å². The number of amidine groups is 1. The molecule has 2 atom stereocenters.